The number of carbonyl (C=O) groups is 2. The highest BCUT2D eigenvalue weighted by molar-refractivity contribution is 7.14. The molecule has 7 nitrogen and oxygen atoms in total. The fourth-order valence-corrected chi connectivity index (χ4v) is 4.00. The molecule has 0 aliphatic heterocycles. The monoisotopic (exact) mass is 359 g/mol. The number of hydrazine groups is 1. The highest BCUT2D eigenvalue weighted by Gasteiger charge is 2.19. The van der Waals surface area contributed by atoms with Gasteiger partial charge in [0.2, 0.25) is 5.91 Å². The van der Waals surface area contributed by atoms with Gasteiger partial charge in [-0.05, 0) is 37.3 Å². The maximum absolute atomic E-state index is 12.2. The van der Waals surface area contributed by atoms with E-state index in [0.29, 0.717) is 10.4 Å². The lowest BCUT2D eigenvalue weighted by Crippen LogP contribution is -2.42. The molecular formula is C17H17N3O4S. The minimum Gasteiger partial charge on any atom is -0.273 e. The molecule has 1 heterocycles. The average Bonchev–Trinajstić information content (AvgIpc) is 3.04. The Kier molecular flexibility index (Phi) is 5.08. The molecule has 2 aromatic rings. The van der Waals surface area contributed by atoms with Gasteiger partial charge >= 0.3 is 0 Å². The predicted molar refractivity (Wildman–Crippen MR) is 93.4 cm³/mol. The Labute approximate surface area is 148 Å². The fraction of sp³-hybridized carbons (Fsp3) is 0.294. The number of hydrogen-bond donors (Lipinski definition) is 2. The normalized spacial score (nSPS) is 13.0. The second-order valence-electron chi connectivity index (χ2n) is 5.83. The van der Waals surface area contributed by atoms with Gasteiger partial charge in [0.1, 0.15) is 0 Å². The van der Waals surface area contributed by atoms with Crippen LogP contribution in [-0.4, -0.2) is 16.7 Å². The third-order valence-corrected chi connectivity index (χ3v) is 5.31. The molecule has 3 rings (SSSR count). The molecule has 2 amide bonds. The molecule has 8 heteroatoms. The van der Waals surface area contributed by atoms with E-state index in [9.17, 15) is 19.7 Å². The molecule has 2 N–H and O–H groups in total. The largest absolute Gasteiger partial charge is 0.279 e. The van der Waals surface area contributed by atoms with E-state index in [-0.39, 0.29) is 18.0 Å². The van der Waals surface area contributed by atoms with E-state index in [4.69, 9.17) is 0 Å². The number of rotatable bonds is 4. The number of thiophene rings is 1. The standard InChI is InChI=1S/C17H17N3O4S/c21-16(10-11-5-1-3-7-13(11)20(23)24)18-19-17(22)15-9-12-6-2-4-8-14(12)25-15/h1,3,5,7,9H,2,4,6,8,10H2,(H,18,21)(H,19,22). The molecule has 0 bridgehead atoms. The Morgan fingerprint density at radius 1 is 1.16 bits per heavy atom. The van der Waals surface area contributed by atoms with Gasteiger partial charge in [0, 0.05) is 16.5 Å². The molecule has 1 aromatic heterocycles. The van der Waals surface area contributed by atoms with E-state index < -0.39 is 10.8 Å². The molecule has 0 unspecified atom stereocenters. The van der Waals surface area contributed by atoms with E-state index in [1.807, 2.05) is 6.07 Å². The highest BCUT2D eigenvalue weighted by Crippen LogP contribution is 2.29. The number of hydrogen-bond acceptors (Lipinski definition) is 5. The van der Waals surface area contributed by atoms with Crippen LogP contribution in [0.3, 0.4) is 0 Å². The maximum atomic E-state index is 12.2. The third kappa shape index (κ3) is 4.03. The Balaban J connectivity index is 1.58. The van der Waals surface area contributed by atoms with Gasteiger partial charge in [-0.1, -0.05) is 18.2 Å². The summed E-state index contributed by atoms with van der Waals surface area (Å²) in [7, 11) is 0. The van der Waals surface area contributed by atoms with Crippen LogP contribution in [0.4, 0.5) is 5.69 Å². The SMILES string of the molecule is O=C(Cc1ccccc1[N+](=O)[O-])NNC(=O)c1cc2c(s1)CCCC2. The molecule has 130 valence electrons. The third-order valence-electron chi connectivity index (χ3n) is 4.08. The zero-order valence-electron chi connectivity index (χ0n) is 13.4. The molecule has 0 radical (unpaired) electrons. The number of aryl methyl sites for hydroxylation is 2. The molecule has 1 aromatic carbocycles. The number of fused-ring (bicyclic) bond motifs is 1. The van der Waals surface area contributed by atoms with Crippen molar-refractivity contribution in [1.29, 1.82) is 0 Å². The van der Waals surface area contributed by atoms with Crippen molar-refractivity contribution in [2.75, 3.05) is 0 Å². The lowest BCUT2D eigenvalue weighted by atomic mass is 9.99. The number of nitrogens with zero attached hydrogens (tertiary/aromatic N) is 1. The molecular weight excluding hydrogens is 342 g/mol. The average molecular weight is 359 g/mol. The first-order chi connectivity index (χ1) is 12.0. The Hall–Kier alpha value is -2.74. The van der Waals surface area contributed by atoms with Gasteiger partial charge in [0.05, 0.1) is 16.2 Å². The van der Waals surface area contributed by atoms with Crippen molar-refractivity contribution in [3.05, 3.63) is 61.3 Å². The number of nitrogens with one attached hydrogen (secondary N) is 2. The Bertz CT molecular complexity index is 808. The van der Waals surface area contributed by atoms with Crippen LogP contribution in [0.25, 0.3) is 0 Å². The van der Waals surface area contributed by atoms with Gasteiger partial charge in [-0.2, -0.15) is 0 Å². The molecule has 0 fully saturated rings. The second kappa shape index (κ2) is 7.43. The smallest absolute Gasteiger partial charge is 0.273 e. The van der Waals surface area contributed by atoms with Gasteiger partial charge in [-0.3, -0.25) is 30.6 Å². The summed E-state index contributed by atoms with van der Waals surface area (Å²) in [4.78, 5) is 36.4. The van der Waals surface area contributed by atoms with Gasteiger partial charge in [-0.25, -0.2) is 0 Å². The van der Waals surface area contributed by atoms with Gasteiger partial charge < -0.3 is 0 Å². The van der Waals surface area contributed by atoms with Crippen LogP contribution >= 0.6 is 11.3 Å². The highest BCUT2D eigenvalue weighted by atomic mass is 32.1. The molecule has 0 atom stereocenters. The van der Waals surface area contributed by atoms with E-state index in [0.717, 1.165) is 25.7 Å². The van der Waals surface area contributed by atoms with Crippen molar-refractivity contribution in [1.82, 2.24) is 10.9 Å². The number of nitro groups is 1. The van der Waals surface area contributed by atoms with Gasteiger partial charge in [0.15, 0.2) is 0 Å². The summed E-state index contributed by atoms with van der Waals surface area (Å²) in [5, 5.41) is 11.0. The van der Waals surface area contributed by atoms with E-state index >= 15 is 0 Å². The summed E-state index contributed by atoms with van der Waals surface area (Å²) in [5.41, 5.74) is 6.10. The molecule has 0 saturated carbocycles. The van der Waals surface area contributed by atoms with Gasteiger partial charge in [0.25, 0.3) is 11.6 Å². The van der Waals surface area contributed by atoms with Crippen LogP contribution in [0.5, 0.6) is 0 Å². The first-order valence-electron chi connectivity index (χ1n) is 7.97. The Morgan fingerprint density at radius 2 is 1.92 bits per heavy atom. The summed E-state index contributed by atoms with van der Waals surface area (Å²) >= 11 is 1.45. The zero-order chi connectivity index (χ0) is 17.8. The topological polar surface area (TPSA) is 101 Å². The van der Waals surface area contributed by atoms with Crippen LogP contribution < -0.4 is 10.9 Å². The summed E-state index contributed by atoms with van der Waals surface area (Å²) in [6.07, 6.45) is 4.08. The van der Waals surface area contributed by atoms with Crippen LogP contribution in [-0.2, 0) is 24.1 Å². The van der Waals surface area contributed by atoms with E-state index in [1.54, 1.807) is 12.1 Å². The quantitative estimate of drug-likeness (QED) is 0.647. The minimum atomic E-state index is -0.530. The maximum Gasteiger partial charge on any atom is 0.279 e. The lowest BCUT2D eigenvalue weighted by Gasteiger charge is -2.08. The number of carbonyl (C=O) groups excluding carboxylic acids is 2. The van der Waals surface area contributed by atoms with Crippen molar-refractivity contribution in [3.63, 3.8) is 0 Å². The summed E-state index contributed by atoms with van der Waals surface area (Å²) in [5.74, 6) is -0.876. The first kappa shape index (κ1) is 17.1. The predicted octanol–water partition coefficient (Wildman–Crippen LogP) is 2.54. The number of benzene rings is 1. The van der Waals surface area contributed by atoms with Crippen molar-refractivity contribution >= 4 is 28.8 Å². The summed E-state index contributed by atoms with van der Waals surface area (Å²) in [6, 6.07) is 7.91. The molecule has 25 heavy (non-hydrogen) atoms. The molecule has 1 aliphatic carbocycles. The van der Waals surface area contributed by atoms with Crippen LogP contribution in [0.2, 0.25) is 0 Å². The van der Waals surface area contributed by atoms with E-state index in [2.05, 4.69) is 10.9 Å². The lowest BCUT2D eigenvalue weighted by molar-refractivity contribution is -0.385. The summed E-state index contributed by atoms with van der Waals surface area (Å²) < 4.78 is 0. The van der Waals surface area contributed by atoms with Crippen molar-refractivity contribution in [2.45, 2.75) is 32.1 Å². The van der Waals surface area contributed by atoms with Crippen LogP contribution in [0, 0.1) is 10.1 Å². The molecule has 1 aliphatic rings. The number of para-hydroxylation sites is 1. The van der Waals surface area contributed by atoms with Crippen molar-refractivity contribution in [2.24, 2.45) is 0 Å². The van der Waals surface area contributed by atoms with Crippen molar-refractivity contribution < 1.29 is 14.5 Å². The molecule has 0 saturated heterocycles. The summed E-state index contributed by atoms with van der Waals surface area (Å²) in [6.45, 7) is 0. The number of amides is 2. The van der Waals surface area contributed by atoms with E-state index in [1.165, 1.54) is 33.9 Å². The second-order valence-corrected chi connectivity index (χ2v) is 6.97. The number of nitro benzene ring substituents is 1. The van der Waals surface area contributed by atoms with Crippen LogP contribution in [0.15, 0.2) is 30.3 Å². The van der Waals surface area contributed by atoms with Crippen LogP contribution in [0.1, 0.15) is 38.5 Å². The fourth-order valence-electron chi connectivity index (χ4n) is 2.85. The first-order valence-corrected chi connectivity index (χ1v) is 8.79. The Morgan fingerprint density at radius 3 is 2.68 bits per heavy atom. The van der Waals surface area contributed by atoms with Crippen molar-refractivity contribution in [3.8, 4) is 0 Å². The zero-order valence-corrected chi connectivity index (χ0v) is 14.2. The molecule has 0 spiro atoms. The minimum absolute atomic E-state index is 0.116. The van der Waals surface area contributed by atoms with Gasteiger partial charge in [-0.15, -0.1) is 11.3 Å².